The van der Waals surface area contributed by atoms with Gasteiger partial charge in [0.25, 0.3) is 0 Å². The van der Waals surface area contributed by atoms with Crippen LogP contribution in [0, 0.1) is 50.7 Å². The molecule has 0 spiro atoms. The van der Waals surface area contributed by atoms with Gasteiger partial charge in [-0.05, 0) is 97.4 Å². The van der Waals surface area contributed by atoms with Gasteiger partial charge in [-0.25, -0.2) is 0 Å². The number of aliphatic carboxylic acids is 1. The topological polar surface area (TPSA) is 80.7 Å². The van der Waals surface area contributed by atoms with Crippen molar-refractivity contribution in [2.45, 2.75) is 105 Å². The summed E-state index contributed by atoms with van der Waals surface area (Å²) in [6.07, 6.45) is 9.95. The predicted octanol–water partition coefficient (Wildman–Crippen LogP) is 6.81. The monoisotopic (exact) mass is 532 g/mol. The molecule has 5 nitrogen and oxygen atoms in total. The van der Waals surface area contributed by atoms with Crippen LogP contribution in [0.2, 0.25) is 0 Å². The van der Waals surface area contributed by atoms with Crippen molar-refractivity contribution >= 4 is 29.3 Å². The van der Waals surface area contributed by atoms with Crippen LogP contribution in [-0.2, 0) is 19.1 Å². The molecule has 5 rings (SSSR count). The van der Waals surface area contributed by atoms with Crippen molar-refractivity contribution in [1.29, 1.82) is 0 Å². The number of allylic oxidation sites excluding steroid dienone is 2. The molecule has 4 fully saturated rings. The van der Waals surface area contributed by atoms with E-state index < -0.39 is 28.9 Å². The van der Waals surface area contributed by atoms with Crippen LogP contribution < -0.4 is 0 Å². The lowest BCUT2D eigenvalue weighted by Crippen LogP contribution is -2.68. The molecule has 10 atom stereocenters. The van der Waals surface area contributed by atoms with Crippen LogP contribution in [0.4, 0.5) is 0 Å². The van der Waals surface area contributed by atoms with Gasteiger partial charge < -0.3 is 9.84 Å². The number of carboxylic acids is 1. The number of carbonyl (C=O) groups is 3. The molecule has 0 aromatic carbocycles. The largest absolute Gasteiger partial charge is 0.481 e. The predicted molar refractivity (Wildman–Crippen MR) is 143 cm³/mol. The van der Waals surface area contributed by atoms with E-state index in [-0.39, 0.29) is 39.7 Å². The third-order valence-corrected chi connectivity index (χ3v) is 13.2. The number of rotatable bonds is 3. The highest BCUT2D eigenvalue weighted by molar-refractivity contribution is 6.26. The Bertz CT molecular complexity index is 1050. The molecule has 0 aliphatic heterocycles. The number of hydrogen-bond donors (Lipinski definition) is 1. The van der Waals surface area contributed by atoms with Gasteiger partial charge in [0.2, 0.25) is 0 Å². The van der Waals surface area contributed by atoms with Crippen molar-refractivity contribution in [2.24, 2.45) is 50.7 Å². The number of carboxylic acid groups (broad SMARTS) is 1. The third kappa shape index (κ3) is 3.44. The Morgan fingerprint density at radius 1 is 1.03 bits per heavy atom. The van der Waals surface area contributed by atoms with Gasteiger partial charge in [0.15, 0.2) is 5.78 Å². The maximum atomic E-state index is 14.3. The minimum atomic E-state index is -1.26. The molecule has 0 amide bonds. The molecule has 1 N–H and O–H groups in total. The van der Waals surface area contributed by atoms with Crippen molar-refractivity contribution in [1.82, 2.24) is 0 Å². The Morgan fingerprint density at radius 2 is 1.73 bits per heavy atom. The van der Waals surface area contributed by atoms with E-state index in [1.807, 2.05) is 6.08 Å². The first-order valence-corrected chi connectivity index (χ1v) is 15.0. The summed E-state index contributed by atoms with van der Waals surface area (Å²) in [6, 6.07) is 0. The smallest absolute Gasteiger partial charge is 0.321 e. The van der Waals surface area contributed by atoms with Gasteiger partial charge in [0, 0.05) is 5.92 Å². The van der Waals surface area contributed by atoms with Crippen LogP contribution in [0.15, 0.2) is 11.6 Å². The Balaban J connectivity index is 1.60. The van der Waals surface area contributed by atoms with Gasteiger partial charge in [0.05, 0.1) is 0 Å². The summed E-state index contributed by atoms with van der Waals surface area (Å²) >= 11 is 5.71. The van der Waals surface area contributed by atoms with E-state index in [9.17, 15) is 19.5 Å². The van der Waals surface area contributed by atoms with E-state index in [0.717, 1.165) is 19.3 Å². The maximum Gasteiger partial charge on any atom is 0.321 e. The van der Waals surface area contributed by atoms with Gasteiger partial charge in [-0.3, -0.25) is 14.4 Å². The lowest BCUT2D eigenvalue weighted by atomic mass is 9.33. The van der Waals surface area contributed by atoms with E-state index in [1.54, 1.807) is 6.92 Å². The van der Waals surface area contributed by atoms with Gasteiger partial charge in [-0.2, -0.15) is 0 Å². The fraction of sp³-hybridized carbons (Fsp3) is 0.839. The van der Waals surface area contributed by atoms with Crippen LogP contribution >= 0.6 is 11.6 Å². The molecule has 0 radical (unpaired) electrons. The summed E-state index contributed by atoms with van der Waals surface area (Å²) in [6.45, 7) is 13.5. The highest BCUT2D eigenvalue weighted by Gasteiger charge is 2.72. The van der Waals surface area contributed by atoms with Crippen LogP contribution in [0.5, 0.6) is 0 Å². The fourth-order valence-corrected chi connectivity index (χ4v) is 11.0. The fourth-order valence-electron chi connectivity index (χ4n) is 10.9. The molecule has 0 aromatic rings. The van der Waals surface area contributed by atoms with Crippen LogP contribution in [0.3, 0.4) is 0 Å². The standard InChI is InChI=1S/C31H45ClO5/c1-18-8-7-11-27(2)14-15-29(4)19(24(18)27)16-20(33)25-28(3)12-10-22(37-23(34)17-32)31(6,26(35)36)21(28)9-13-30(25,29)5/h16,18,21-22,24-25H,7-15,17H2,1-6H3,(H,35,36)/t18-,21?,22+,24?,25?,27+,28-,29+,30+,31+/m0/s1. The average Bonchev–Trinajstić information content (AvgIpc) is 2.82. The molecule has 0 aromatic heterocycles. The highest BCUT2D eigenvalue weighted by atomic mass is 35.5. The minimum Gasteiger partial charge on any atom is -0.481 e. The Labute approximate surface area is 227 Å². The Morgan fingerprint density at radius 3 is 2.38 bits per heavy atom. The third-order valence-electron chi connectivity index (χ3n) is 13.0. The molecular weight excluding hydrogens is 488 g/mol. The minimum absolute atomic E-state index is 0.0725. The van der Waals surface area contributed by atoms with E-state index in [4.69, 9.17) is 16.3 Å². The van der Waals surface area contributed by atoms with E-state index in [2.05, 4.69) is 34.6 Å². The Kier molecular flexibility index (Phi) is 6.30. The number of esters is 1. The van der Waals surface area contributed by atoms with Gasteiger partial charge >= 0.3 is 11.9 Å². The summed E-state index contributed by atoms with van der Waals surface area (Å²) in [7, 11) is 0. The van der Waals surface area contributed by atoms with Crippen molar-refractivity contribution in [2.75, 3.05) is 5.88 Å². The quantitative estimate of drug-likeness (QED) is 0.319. The molecule has 5 aliphatic rings. The molecule has 0 saturated heterocycles. The van der Waals surface area contributed by atoms with E-state index >= 15 is 0 Å². The summed E-state index contributed by atoms with van der Waals surface area (Å²) in [5.41, 5.74) is -0.381. The van der Waals surface area contributed by atoms with Crippen molar-refractivity contribution < 1.29 is 24.2 Å². The van der Waals surface area contributed by atoms with Crippen LogP contribution in [-0.4, -0.2) is 34.8 Å². The second-order valence-corrected chi connectivity index (χ2v) is 14.8. The lowest BCUT2D eigenvalue weighted by Gasteiger charge is -2.70. The molecule has 3 unspecified atom stereocenters. The van der Waals surface area contributed by atoms with E-state index in [1.165, 1.54) is 31.3 Å². The highest BCUT2D eigenvalue weighted by Crippen LogP contribution is 2.75. The maximum absolute atomic E-state index is 14.3. The van der Waals surface area contributed by atoms with Crippen LogP contribution in [0.1, 0.15) is 99.3 Å². The normalized spacial score (nSPS) is 51.1. The number of alkyl halides is 1. The summed E-state index contributed by atoms with van der Waals surface area (Å²) in [4.78, 5) is 39.3. The van der Waals surface area contributed by atoms with Crippen LogP contribution in [0.25, 0.3) is 0 Å². The molecular formula is C31H45ClO5. The molecule has 206 valence electrons. The van der Waals surface area contributed by atoms with Gasteiger partial charge in [-0.15, -0.1) is 11.6 Å². The second kappa shape index (κ2) is 8.57. The zero-order valence-corrected chi connectivity index (χ0v) is 24.2. The average molecular weight is 533 g/mol. The molecule has 0 bridgehead atoms. The zero-order chi connectivity index (χ0) is 27.2. The molecule has 37 heavy (non-hydrogen) atoms. The van der Waals surface area contributed by atoms with E-state index in [0.29, 0.717) is 24.7 Å². The van der Waals surface area contributed by atoms with Crippen molar-refractivity contribution in [3.05, 3.63) is 11.6 Å². The summed E-state index contributed by atoms with van der Waals surface area (Å²) < 4.78 is 5.64. The zero-order valence-electron chi connectivity index (χ0n) is 23.5. The first-order chi connectivity index (χ1) is 17.2. The SMILES string of the molecule is C[C@H]1CCC[C@]2(C)CC[C@]3(C)C(=CC(=O)C4[C@@]5(C)CC[C@@H](OC(=O)CCl)[C@](C)(C(=O)O)C5CC[C@]43C)C12. The Hall–Kier alpha value is -1.36. The molecule has 0 heterocycles. The number of ether oxygens (including phenoxy) is 1. The number of halogens is 1. The number of hydrogen-bond acceptors (Lipinski definition) is 4. The summed E-state index contributed by atoms with van der Waals surface area (Å²) in [5, 5.41) is 10.5. The first kappa shape index (κ1) is 27.2. The first-order valence-electron chi connectivity index (χ1n) is 14.4. The van der Waals surface area contributed by atoms with Gasteiger partial charge in [0.1, 0.15) is 17.4 Å². The molecule has 5 aliphatic carbocycles. The molecule has 6 heteroatoms. The number of carbonyl (C=O) groups excluding carboxylic acids is 2. The molecule has 4 saturated carbocycles. The van der Waals surface area contributed by atoms with Gasteiger partial charge in [-0.1, -0.05) is 53.0 Å². The van der Waals surface area contributed by atoms with Crippen molar-refractivity contribution in [3.63, 3.8) is 0 Å². The second-order valence-electron chi connectivity index (χ2n) is 14.5. The number of ketones is 1. The van der Waals surface area contributed by atoms with Crippen molar-refractivity contribution in [3.8, 4) is 0 Å². The lowest BCUT2D eigenvalue weighted by molar-refractivity contribution is -0.220. The summed E-state index contributed by atoms with van der Waals surface area (Å²) in [5.74, 6) is -1.10. The number of fused-ring (bicyclic) bond motifs is 7.